The fourth-order valence-electron chi connectivity index (χ4n) is 2.77. The maximum Gasteiger partial charge on any atom is 0.254 e. The van der Waals surface area contributed by atoms with E-state index in [1.807, 2.05) is 29.2 Å². The van der Waals surface area contributed by atoms with Crippen LogP contribution in [0, 0.1) is 18.3 Å². The second kappa shape index (κ2) is 8.87. The number of benzene rings is 1. The summed E-state index contributed by atoms with van der Waals surface area (Å²) in [6, 6.07) is 7.88. The summed E-state index contributed by atoms with van der Waals surface area (Å²) in [7, 11) is 0. The molecule has 1 aliphatic rings. The maximum absolute atomic E-state index is 12.8. The summed E-state index contributed by atoms with van der Waals surface area (Å²) >= 11 is 1.72. The van der Waals surface area contributed by atoms with Crippen LogP contribution in [0.2, 0.25) is 0 Å². The summed E-state index contributed by atoms with van der Waals surface area (Å²) in [6.07, 6.45) is 7.32. The third-order valence-corrected chi connectivity index (χ3v) is 4.72. The van der Waals surface area contributed by atoms with E-state index in [0.29, 0.717) is 19.1 Å². The SMILES string of the molecule is C#CCOC[C@H]1CCCN(C(=O)c2ccccc2SCC)C1. The first-order valence-electron chi connectivity index (χ1n) is 7.78. The Kier molecular flexibility index (Phi) is 6.82. The van der Waals surface area contributed by atoms with Crippen molar-refractivity contribution in [3.8, 4) is 12.3 Å². The predicted molar refractivity (Wildman–Crippen MR) is 91.1 cm³/mol. The van der Waals surface area contributed by atoms with Crippen molar-refractivity contribution in [3.05, 3.63) is 29.8 Å². The van der Waals surface area contributed by atoms with Gasteiger partial charge in [-0.15, -0.1) is 18.2 Å². The summed E-state index contributed by atoms with van der Waals surface area (Å²) in [5, 5.41) is 0. The van der Waals surface area contributed by atoms with E-state index in [1.165, 1.54) is 0 Å². The van der Waals surface area contributed by atoms with E-state index in [1.54, 1.807) is 11.8 Å². The Bertz CT molecular complexity index is 538. The first-order chi connectivity index (χ1) is 10.8. The summed E-state index contributed by atoms with van der Waals surface area (Å²) < 4.78 is 5.44. The maximum atomic E-state index is 12.8. The van der Waals surface area contributed by atoms with Crippen LogP contribution in [0.15, 0.2) is 29.2 Å². The minimum Gasteiger partial charge on any atom is -0.368 e. The molecule has 1 fully saturated rings. The molecule has 1 aliphatic heterocycles. The minimum atomic E-state index is 0.137. The molecule has 0 aliphatic carbocycles. The van der Waals surface area contributed by atoms with E-state index in [0.717, 1.165) is 42.1 Å². The van der Waals surface area contributed by atoms with Crippen LogP contribution in [0.25, 0.3) is 0 Å². The van der Waals surface area contributed by atoms with Gasteiger partial charge in [0.25, 0.3) is 5.91 Å². The highest BCUT2D eigenvalue weighted by Gasteiger charge is 2.25. The molecule has 0 aromatic heterocycles. The van der Waals surface area contributed by atoms with Crippen molar-refractivity contribution in [1.29, 1.82) is 0 Å². The second-order valence-corrected chi connectivity index (χ2v) is 6.71. The number of hydrogen-bond acceptors (Lipinski definition) is 3. The first-order valence-corrected chi connectivity index (χ1v) is 8.77. The number of terminal acetylenes is 1. The van der Waals surface area contributed by atoms with E-state index in [9.17, 15) is 4.79 Å². The van der Waals surface area contributed by atoms with E-state index >= 15 is 0 Å². The number of amides is 1. The van der Waals surface area contributed by atoms with Gasteiger partial charge in [0.2, 0.25) is 0 Å². The number of rotatable bonds is 6. The standard InChI is InChI=1S/C18H23NO2S/c1-3-12-21-14-15-8-7-11-19(13-15)18(20)16-9-5-6-10-17(16)22-4-2/h1,5-6,9-10,15H,4,7-8,11-14H2,2H3/t15-/m0/s1. The van der Waals surface area contributed by atoms with Crippen molar-refractivity contribution in [2.24, 2.45) is 5.92 Å². The Morgan fingerprint density at radius 1 is 1.50 bits per heavy atom. The number of piperidine rings is 1. The molecule has 0 spiro atoms. The Morgan fingerprint density at radius 2 is 2.32 bits per heavy atom. The molecule has 0 unspecified atom stereocenters. The minimum absolute atomic E-state index is 0.137. The van der Waals surface area contributed by atoms with Crippen molar-refractivity contribution in [2.75, 3.05) is 32.1 Å². The van der Waals surface area contributed by atoms with E-state index < -0.39 is 0 Å². The fraction of sp³-hybridized carbons (Fsp3) is 0.500. The highest BCUT2D eigenvalue weighted by atomic mass is 32.2. The van der Waals surface area contributed by atoms with Gasteiger partial charge < -0.3 is 9.64 Å². The Labute approximate surface area is 137 Å². The average molecular weight is 317 g/mol. The quantitative estimate of drug-likeness (QED) is 0.458. The molecule has 1 amide bonds. The molecule has 3 nitrogen and oxygen atoms in total. The van der Waals surface area contributed by atoms with E-state index in [2.05, 4.69) is 12.8 Å². The monoisotopic (exact) mass is 317 g/mol. The molecular formula is C18H23NO2S. The van der Waals surface area contributed by atoms with Gasteiger partial charge in [-0.1, -0.05) is 25.0 Å². The molecule has 1 atom stereocenters. The van der Waals surface area contributed by atoms with Gasteiger partial charge in [-0.2, -0.15) is 0 Å². The molecule has 22 heavy (non-hydrogen) atoms. The van der Waals surface area contributed by atoms with Crippen molar-refractivity contribution < 1.29 is 9.53 Å². The Hall–Kier alpha value is -1.44. The smallest absolute Gasteiger partial charge is 0.254 e. The largest absolute Gasteiger partial charge is 0.368 e. The topological polar surface area (TPSA) is 29.5 Å². The lowest BCUT2D eigenvalue weighted by molar-refractivity contribution is 0.0531. The number of carbonyl (C=O) groups excluding carboxylic acids is 1. The number of ether oxygens (including phenoxy) is 1. The summed E-state index contributed by atoms with van der Waals surface area (Å²) in [5.41, 5.74) is 0.819. The van der Waals surface area contributed by atoms with Crippen LogP contribution < -0.4 is 0 Å². The van der Waals surface area contributed by atoms with Gasteiger partial charge in [0.15, 0.2) is 0 Å². The van der Waals surface area contributed by atoms with Crippen LogP contribution in [0.4, 0.5) is 0 Å². The third-order valence-electron chi connectivity index (χ3n) is 3.76. The molecule has 1 heterocycles. The van der Waals surface area contributed by atoms with Gasteiger partial charge in [0, 0.05) is 23.9 Å². The zero-order valence-electron chi connectivity index (χ0n) is 13.1. The molecule has 0 bridgehead atoms. The van der Waals surface area contributed by atoms with Gasteiger partial charge in [0.1, 0.15) is 6.61 Å². The number of hydrogen-bond donors (Lipinski definition) is 0. The lowest BCUT2D eigenvalue weighted by Gasteiger charge is -2.33. The zero-order valence-corrected chi connectivity index (χ0v) is 13.9. The van der Waals surface area contributed by atoms with Crippen molar-refractivity contribution >= 4 is 17.7 Å². The van der Waals surface area contributed by atoms with Crippen LogP contribution in [-0.2, 0) is 4.74 Å². The highest BCUT2D eigenvalue weighted by Crippen LogP contribution is 2.25. The normalized spacial score (nSPS) is 18.0. The molecule has 2 rings (SSSR count). The molecule has 118 valence electrons. The molecule has 1 aromatic rings. The number of nitrogens with zero attached hydrogens (tertiary/aromatic N) is 1. The fourth-order valence-corrected chi connectivity index (χ4v) is 3.56. The Morgan fingerprint density at radius 3 is 3.09 bits per heavy atom. The molecule has 0 saturated carbocycles. The van der Waals surface area contributed by atoms with Crippen LogP contribution in [-0.4, -0.2) is 42.9 Å². The van der Waals surface area contributed by atoms with Gasteiger partial charge >= 0.3 is 0 Å². The van der Waals surface area contributed by atoms with E-state index in [4.69, 9.17) is 11.2 Å². The zero-order chi connectivity index (χ0) is 15.8. The molecular weight excluding hydrogens is 294 g/mol. The van der Waals surface area contributed by atoms with Crippen molar-refractivity contribution in [1.82, 2.24) is 4.90 Å². The molecule has 1 aromatic carbocycles. The highest BCUT2D eigenvalue weighted by molar-refractivity contribution is 7.99. The molecule has 0 radical (unpaired) electrons. The summed E-state index contributed by atoms with van der Waals surface area (Å²) in [6.45, 7) is 4.68. The van der Waals surface area contributed by atoms with Gasteiger partial charge in [-0.05, 0) is 30.7 Å². The van der Waals surface area contributed by atoms with Crippen molar-refractivity contribution in [3.63, 3.8) is 0 Å². The lowest BCUT2D eigenvalue weighted by atomic mass is 9.98. The molecule has 1 saturated heterocycles. The molecule has 4 heteroatoms. The number of thioether (sulfide) groups is 1. The van der Waals surface area contributed by atoms with Crippen LogP contribution in [0.5, 0.6) is 0 Å². The number of carbonyl (C=O) groups is 1. The Balaban J connectivity index is 2.01. The van der Waals surface area contributed by atoms with Crippen molar-refractivity contribution in [2.45, 2.75) is 24.7 Å². The van der Waals surface area contributed by atoms with Gasteiger partial charge in [0.05, 0.1) is 12.2 Å². The summed E-state index contributed by atoms with van der Waals surface area (Å²) in [5.74, 6) is 3.97. The second-order valence-electron chi connectivity index (χ2n) is 5.41. The van der Waals surface area contributed by atoms with Gasteiger partial charge in [-0.3, -0.25) is 4.79 Å². The van der Waals surface area contributed by atoms with Crippen LogP contribution in [0.3, 0.4) is 0 Å². The van der Waals surface area contributed by atoms with Crippen LogP contribution >= 0.6 is 11.8 Å². The van der Waals surface area contributed by atoms with Gasteiger partial charge in [-0.25, -0.2) is 0 Å². The average Bonchev–Trinajstić information content (AvgIpc) is 2.56. The van der Waals surface area contributed by atoms with Crippen LogP contribution in [0.1, 0.15) is 30.1 Å². The number of likely N-dealkylation sites (tertiary alicyclic amines) is 1. The first kappa shape index (κ1) is 16.9. The summed E-state index contributed by atoms with van der Waals surface area (Å²) in [4.78, 5) is 15.8. The lowest BCUT2D eigenvalue weighted by Crippen LogP contribution is -2.41. The van der Waals surface area contributed by atoms with E-state index in [-0.39, 0.29) is 5.91 Å². The molecule has 0 N–H and O–H groups in total. The third kappa shape index (κ3) is 4.53. The predicted octanol–water partition coefficient (Wildman–Crippen LogP) is 3.30.